The van der Waals surface area contributed by atoms with Crippen molar-refractivity contribution in [1.29, 1.82) is 0 Å². The number of aryl methyl sites for hydroxylation is 2. The Balaban J connectivity index is 0.00000261. The molecule has 1 aliphatic rings. The van der Waals surface area contributed by atoms with Gasteiger partial charge >= 0.3 is 0 Å². The highest BCUT2D eigenvalue weighted by atomic mass is 127. The fraction of sp³-hybridized carbons (Fsp3) is 0.526. The van der Waals surface area contributed by atoms with Gasteiger partial charge in [-0.25, -0.2) is 0 Å². The lowest BCUT2D eigenvalue weighted by Gasteiger charge is -2.33. The molecule has 0 spiro atoms. The first-order chi connectivity index (χ1) is 12.7. The van der Waals surface area contributed by atoms with Crippen LogP contribution in [0.3, 0.4) is 0 Å². The molecule has 0 aromatic carbocycles. The fourth-order valence-electron chi connectivity index (χ4n) is 3.09. The van der Waals surface area contributed by atoms with E-state index in [1.165, 1.54) is 10.4 Å². The van der Waals surface area contributed by atoms with Gasteiger partial charge < -0.3 is 19.8 Å². The van der Waals surface area contributed by atoms with Gasteiger partial charge in [-0.3, -0.25) is 9.89 Å². The Morgan fingerprint density at radius 2 is 2.00 bits per heavy atom. The molecule has 2 aromatic rings. The number of hydrogen-bond acceptors (Lipinski definition) is 5. The van der Waals surface area contributed by atoms with Crippen LogP contribution in [0.15, 0.2) is 33.0 Å². The van der Waals surface area contributed by atoms with Gasteiger partial charge in [-0.15, -0.1) is 35.3 Å². The number of furan rings is 1. The highest BCUT2D eigenvalue weighted by Gasteiger charge is 2.25. The summed E-state index contributed by atoms with van der Waals surface area (Å²) < 4.78 is 11.4. The predicted octanol–water partition coefficient (Wildman–Crippen LogP) is 3.31. The van der Waals surface area contributed by atoms with E-state index < -0.39 is 0 Å². The highest BCUT2D eigenvalue weighted by Crippen LogP contribution is 2.23. The van der Waals surface area contributed by atoms with Gasteiger partial charge in [-0.05, 0) is 43.0 Å². The number of ether oxygens (including phenoxy) is 1. The number of nitrogens with zero attached hydrogens (tertiary/aromatic N) is 2. The molecule has 0 amide bonds. The van der Waals surface area contributed by atoms with Gasteiger partial charge in [0.25, 0.3) is 0 Å². The van der Waals surface area contributed by atoms with Crippen LogP contribution in [0.25, 0.3) is 0 Å². The van der Waals surface area contributed by atoms with Crippen molar-refractivity contribution >= 4 is 41.3 Å². The molecule has 3 heterocycles. The van der Waals surface area contributed by atoms with Crippen molar-refractivity contribution in [1.82, 2.24) is 15.5 Å². The van der Waals surface area contributed by atoms with E-state index in [2.05, 4.69) is 45.0 Å². The van der Waals surface area contributed by atoms with Crippen LogP contribution in [0.2, 0.25) is 0 Å². The van der Waals surface area contributed by atoms with Crippen LogP contribution >= 0.6 is 35.3 Å². The molecule has 0 aliphatic carbocycles. The smallest absolute Gasteiger partial charge is 0.191 e. The molecule has 3 rings (SSSR count). The zero-order chi connectivity index (χ0) is 18.4. The minimum atomic E-state index is 0. The summed E-state index contributed by atoms with van der Waals surface area (Å²) in [6, 6.07) is 6.40. The maximum absolute atomic E-state index is 5.92. The number of aliphatic imine (C=N–C) groups is 1. The van der Waals surface area contributed by atoms with Gasteiger partial charge in [-0.1, -0.05) is 0 Å². The lowest BCUT2D eigenvalue weighted by Crippen LogP contribution is -2.46. The normalized spacial score (nSPS) is 16.6. The summed E-state index contributed by atoms with van der Waals surface area (Å²) in [5.41, 5.74) is 1.32. The van der Waals surface area contributed by atoms with Crippen molar-refractivity contribution < 1.29 is 9.15 Å². The molecule has 1 saturated heterocycles. The molecule has 8 heteroatoms. The third-order valence-corrected chi connectivity index (χ3v) is 5.67. The summed E-state index contributed by atoms with van der Waals surface area (Å²) in [7, 11) is 1.80. The van der Waals surface area contributed by atoms with Crippen molar-refractivity contribution in [2.24, 2.45) is 4.99 Å². The first-order valence-electron chi connectivity index (χ1n) is 9.03. The van der Waals surface area contributed by atoms with Gasteiger partial charge in [0.2, 0.25) is 0 Å². The third-order valence-electron chi connectivity index (χ3n) is 4.65. The summed E-state index contributed by atoms with van der Waals surface area (Å²) in [4.78, 5) is 8.10. The van der Waals surface area contributed by atoms with E-state index in [1.807, 2.05) is 13.0 Å². The summed E-state index contributed by atoms with van der Waals surface area (Å²) in [5.74, 6) is 2.73. The number of rotatable bonds is 6. The number of halogens is 1. The summed E-state index contributed by atoms with van der Waals surface area (Å²) >= 11 is 1.77. The van der Waals surface area contributed by atoms with Crippen LogP contribution in [-0.2, 0) is 11.3 Å². The number of hydrogen-bond donors (Lipinski definition) is 2. The molecule has 2 N–H and O–H groups in total. The maximum atomic E-state index is 5.92. The first kappa shape index (κ1) is 22.2. The van der Waals surface area contributed by atoms with Crippen LogP contribution in [0.1, 0.15) is 28.0 Å². The monoisotopic (exact) mass is 504 g/mol. The lowest BCUT2D eigenvalue weighted by atomic mass is 10.1. The molecule has 1 fully saturated rings. The topological polar surface area (TPSA) is 62.0 Å². The number of thiophene rings is 1. The van der Waals surface area contributed by atoms with Crippen molar-refractivity contribution in [3.8, 4) is 0 Å². The second-order valence-electron chi connectivity index (χ2n) is 6.45. The van der Waals surface area contributed by atoms with Crippen molar-refractivity contribution in [3.05, 3.63) is 45.5 Å². The Labute approximate surface area is 182 Å². The molecule has 1 aliphatic heterocycles. The quantitative estimate of drug-likeness (QED) is 0.359. The van der Waals surface area contributed by atoms with E-state index in [1.54, 1.807) is 18.4 Å². The molecule has 1 atom stereocenters. The van der Waals surface area contributed by atoms with E-state index in [9.17, 15) is 0 Å². The average molecular weight is 504 g/mol. The molecule has 1 unspecified atom stereocenters. The Hall–Kier alpha value is -1.10. The number of guanidine groups is 1. The van der Waals surface area contributed by atoms with Crippen molar-refractivity contribution in [2.45, 2.75) is 26.4 Å². The molecule has 0 bridgehead atoms. The summed E-state index contributed by atoms with van der Waals surface area (Å²) in [5, 5.41) is 8.98. The largest absolute Gasteiger partial charge is 0.465 e. The SMILES string of the molecule is CN=C(NCc1sccc1C)NCC(c1ccc(C)o1)N1CCOCC1.I. The van der Waals surface area contributed by atoms with Gasteiger partial charge in [0, 0.05) is 31.6 Å². The second kappa shape index (κ2) is 11.0. The predicted molar refractivity (Wildman–Crippen MR) is 121 cm³/mol. The molecular formula is C19H29IN4O2S. The van der Waals surface area contributed by atoms with Crippen molar-refractivity contribution in [3.63, 3.8) is 0 Å². The van der Waals surface area contributed by atoms with Crippen LogP contribution in [0.4, 0.5) is 0 Å². The van der Waals surface area contributed by atoms with Crippen molar-refractivity contribution in [2.75, 3.05) is 39.9 Å². The van der Waals surface area contributed by atoms with Gasteiger partial charge in [0.15, 0.2) is 5.96 Å². The molecule has 0 radical (unpaired) electrons. The van der Waals surface area contributed by atoms with Gasteiger partial charge in [0.1, 0.15) is 11.5 Å². The van der Waals surface area contributed by atoms with Crippen LogP contribution in [0.5, 0.6) is 0 Å². The van der Waals surface area contributed by atoms with Crippen LogP contribution < -0.4 is 10.6 Å². The Morgan fingerprint density at radius 1 is 1.22 bits per heavy atom. The zero-order valence-electron chi connectivity index (χ0n) is 16.2. The maximum Gasteiger partial charge on any atom is 0.191 e. The molecule has 150 valence electrons. The fourth-order valence-corrected chi connectivity index (χ4v) is 3.94. The summed E-state index contributed by atoms with van der Waals surface area (Å²) in [6.07, 6.45) is 0. The average Bonchev–Trinajstić information content (AvgIpc) is 3.27. The molecule has 27 heavy (non-hydrogen) atoms. The first-order valence-corrected chi connectivity index (χ1v) is 9.91. The Kier molecular flexibility index (Phi) is 9.07. The van der Waals surface area contributed by atoms with Gasteiger partial charge in [0.05, 0.1) is 25.8 Å². The zero-order valence-corrected chi connectivity index (χ0v) is 19.3. The van der Waals surface area contributed by atoms with E-state index in [0.717, 1.165) is 56.9 Å². The minimum absolute atomic E-state index is 0. The van der Waals surface area contributed by atoms with E-state index in [-0.39, 0.29) is 30.0 Å². The number of morpholine rings is 1. The minimum Gasteiger partial charge on any atom is -0.465 e. The molecule has 2 aromatic heterocycles. The molecule has 6 nitrogen and oxygen atoms in total. The summed E-state index contributed by atoms with van der Waals surface area (Å²) in [6.45, 7) is 8.98. The van der Waals surface area contributed by atoms with Crippen LogP contribution in [-0.4, -0.2) is 50.8 Å². The van der Waals surface area contributed by atoms with E-state index >= 15 is 0 Å². The van der Waals surface area contributed by atoms with E-state index in [0.29, 0.717) is 0 Å². The second-order valence-corrected chi connectivity index (χ2v) is 7.45. The van der Waals surface area contributed by atoms with E-state index in [4.69, 9.17) is 9.15 Å². The highest BCUT2D eigenvalue weighted by molar-refractivity contribution is 14.0. The molecule has 0 saturated carbocycles. The number of nitrogens with one attached hydrogen (secondary N) is 2. The van der Waals surface area contributed by atoms with Crippen LogP contribution in [0, 0.1) is 13.8 Å². The molecular weight excluding hydrogens is 475 g/mol. The Morgan fingerprint density at radius 3 is 2.59 bits per heavy atom. The standard InChI is InChI=1S/C19H28N4O2S.HI/c1-14-6-11-26-18(14)13-22-19(20-3)21-12-16(17-5-4-15(2)25-17)23-7-9-24-10-8-23;/h4-6,11,16H,7-10,12-13H2,1-3H3,(H2,20,21,22);1H. The van der Waals surface area contributed by atoms with Gasteiger partial charge in [-0.2, -0.15) is 0 Å². The third kappa shape index (κ3) is 6.20. The Bertz CT molecular complexity index is 725. The lowest BCUT2D eigenvalue weighted by molar-refractivity contribution is 0.0124.